The Kier molecular flexibility index (Phi) is 8.94. The highest BCUT2D eigenvalue weighted by atomic mass is 19.4. The van der Waals surface area contributed by atoms with E-state index in [0.717, 1.165) is 51.0 Å². The summed E-state index contributed by atoms with van der Waals surface area (Å²) in [6.07, 6.45) is 3.01. The van der Waals surface area contributed by atoms with Crippen molar-refractivity contribution in [1.29, 1.82) is 0 Å². The quantitative estimate of drug-likeness (QED) is 0.459. The van der Waals surface area contributed by atoms with Crippen LogP contribution in [0.2, 0.25) is 0 Å². The van der Waals surface area contributed by atoms with Gasteiger partial charge in [-0.3, -0.25) is 4.79 Å². The molecule has 0 fully saturated rings. The second kappa shape index (κ2) is 11.4. The van der Waals surface area contributed by atoms with E-state index in [1.165, 1.54) is 24.3 Å². The molecule has 2 rings (SSSR count). The van der Waals surface area contributed by atoms with Gasteiger partial charge in [0.05, 0.1) is 11.3 Å². The first-order chi connectivity index (χ1) is 13.9. The third-order valence-electron chi connectivity index (χ3n) is 4.48. The molecule has 7 heteroatoms. The number of unbranched alkanes of at least 4 members (excludes halogenated alkanes) is 7. The molecule has 1 aromatic heterocycles. The number of aliphatic hydroxyl groups excluding tert-OH is 1. The highest BCUT2D eigenvalue weighted by Crippen LogP contribution is 2.34. The molecule has 156 valence electrons. The Bertz CT molecular complexity index is 875. The number of H-pyrrole nitrogens is 1. The summed E-state index contributed by atoms with van der Waals surface area (Å²) in [6, 6.07) is 6.47. The normalized spacial score (nSPS) is 11.2. The van der Waals surface area contributed by atoms with Gasteiger partial charge in [0, 0.05) is 30.2 Å². The van der Waals surface area contributed by atoms with E-state index in [2.05, 4.69) is 22.0 Å². The van der Waals surface area contributed by atoms with E-state index in [-0.39, 0.29) is 23.4 Å². The lowest BCUT2D eigenvalue weighted by Crippen LogP contribution is -2.09. The van der Waals surface area contributed by atoms with E-state index < -0.39 is 17.3 Å². The van der Waals surface area contributed by atoms with Crippen LogP contribution in [0.15, 0.2) is 35.1 Å². The highest BCUT2D eigenvalue weighted by molar-refractivity contribution is 5.62. The van der Waals surface area contributed by atoms with Gasteiger partial charge in [-0.1, -0.05) is 50.0 Å². The molecule has 0 bridgehead atoms. The van der Waals surface area contributed by atoms with E-state index in [1.807, 2.05) is 0 Å². The third-order valence-corrected chi connectivity index (χ3v) is 4.48. The molecular weight excluding hydrogens is 381 g/mol. The highest BCUT2D eigenvalue weighted by Gasteiger charge is 2.33. The molecule has 0 unspecified atom stereocenters. The molecule has 29 heavy (non-hydrogen) atoms. The summed E-state index contributed by atoms with van der Waals surface area (Å²) < 4.78 is 40.3. The first kappa shape index (κ1) is 22.7. The summed E-state index contributed by atoms with van der Waals surface area (Å²) in [6.45, 7) is 0.234. The average Bonchev–Trinajstić information content (AvgIpc) is 2.69. The summed E-state index contributed by atoms with van der Waals surface area (Å²) in [5, 5.41) is 14.7. The van der Waals surface area contributed by atoms with Crippen LogP contribution in [0.3, 0.4) is 0 Å². The van der Waals surface area contributed by atoms with E-state index in [9.17, 15) is 18.0 Å². The number of hydrogen-bond acceptors (Lipinski definition) is 3. The second-order valence-electron chi connectivity index (χ2n) is 6.81. The number of aromatic nitrogens is 2. The van der Waals surface area contributed by atoms with Crippen molar-refractivity contribution in [3.8, 4) is 23.1 Å². The van der Waals surface area contributed by atoms with Gasteiger partial charge in [0.2, 0.25) is 0 Å². The standard InChI is InChI=1S/C22H25F3N2O2/c23-22(24,25)19-16-18(20-13-14-21(29)27-26-20)12-11-17(19)10-8-6-4-2-1-3-5-7-9-15-28/h11-14,16,28H,1-7,9,15H2,(H,27,29). The molecule has 0 amide bonds. The third kappa shape index (κ3) is 7.74. The minimum absolute atomic E-state index is 0.0605. The van der Waals surface area contributed by atoms with Gasteiger partial charge in [0.1, 0.15) is 0 Å². The molecule has 2 aromatic rings. The number of nitrogens with one attached hydrogen (secondary N) is 1. The van der Waals surface area contributed by atoms with Gasteiger partial charge in [-0.25, -0.2) is 5.10 Å². The summed E-state index contributed by atoms with van der Waals surface area (Å²) in [7, 11) is 0. The van der Waals surface area contributed by atoms with Gasteiger partial charge in [0.25, 0.3) is 5.56 Å². The van der Waals surface area contributed by atoms with Crippen LogP contribution in [-0.4, -0.2) is 21.9 Å². The Morgan fingerprint density at radius 1 is 0.966 bits per heavy atom. The summed E-state index contributed by atoms with van der Waals surface area (Å²) in [5.74, 6) is 5.50. The first-order valence-electron chi connectivity index (χ1n) is 9.79. The Morgan fingerprint density at radius 2 is 1.66 bits per heavy atom. The fraction of sp³-hybridized carbons (Fsp3) is 0.455. The van der Waals surface area contributed by atoms with E-state index in [0.29, 0.717) is 6.42 Å². The molecule has 0 saturated heterocycles. The zero-order valence-corrected chi connectivity index (χ0v) is 16.2. The summed E-state index contributed by atoms with van der Waals surface area (Å²) in [5.41, 5.74) is -0.763. The fourth-order valence-electron chi connectivity index (χ4n) is 2.92. The van der Waals surface area contributed by atoms with Crippen LogP contribution in [0, 0.1) is 11.8 Å². The predicted octanol–water partition coefficient (Wildman–Crippen LogP) is 4.92. The zero-order valence-electron chi connectivity index (χ0n) is 16.2. The number of aromatic amines is 1. The van der Waals surface area contributed by atoms with Gasteiger partial charge in [-0.05, 0) is 31.0 Å². The minimum atomic E-state index is -4.53. The van der Waals surface area contributed by atoms with Crippen molar-refractivity contribution in [2.24, 2.45) is 0 Å². The summed E-state index contributed by atoms with van der Waals surface area (Å²) >= 11 is 0. The van der Waals surface area contributed by atoms with Crippen LogP contribution in [0.5, 0.6) is 0 Å². The molecule has 1 heterocycles. The maximum absolute atomic E-state index is 13.4. The SMILES string of the molecule is O=c1ccc(-c2ccc(C#CCCCCCCCCCO)c(C(F)(F)F)c2)n[nH]1. The Hall–Kier alpha value is -2.59. The van der Waals surface area contributed by atoms with Gasteiger partial charge in [-0.2, -0.15) is 18.3 Å². The van der Waals surface area contributed by atoms with Crippen molar-refractivity contribution in [3.05, 3.63) is 51.8 Å². The number of nitrogens with zero attached hydrogens (tertiary/aromatic N) is 1. The average molecular weight is 406 g/mol. The van der Waals surface area contributed by atoms with Crippen molar-refractivity contribution >= 4 is 0 Å². The zero-order chi connectivity index (χ0) is 21.1. The smallest absolute Gasteiger partial charge is 0.396 e. The van der Waals surface area contributed by atoms with E-state index >= 15 is 0 Å². The largest absolute Gasteiger partial charge is 0.417 e. The van der Waals surface area contributed by atoms with Gasteiger partial charge >= 0.3 is 6.18 Å². The molecule has 0 aliphatic carbocycles. The molecular formula is C22H25F3N2O2. The lowest BCUT2D eigenvalue weighted by molar-refractivity contribution is -0.137. The number of halogens is 3. The lowest BCUT2D eigenvalue weighted by atomic mass is 10.0. The maximum atomic E-state index is 13.4. The number of rotatable bonds is 9. The minimum Gasteiger partial charge on any atom is -0.396 e. The fourth-order valence-corrected chi connectivity index (χ4v) is 2.92. The molecule has 0 atom stereocenters. The van der Waals surface area contributed by atoms with Crippen LogP contribution in [0.25, 0.3) is 11.3 Å². The molecule has 4 nitrogen and oxygen atoms in total. The Morgan fingerprint density at radius 3 is 2.28 bits per heavy atom. The van der Waals surface area contributed by atoms with E-state index in [1.54, 1.807) is 0 Å². The van der Waals surface area contributed by atoms with Crippen LogP contribution < -0.4 is 5.56 Å². The maximum Gasteiger partial charge on any atom is 0.417 e. The molecule has 2 N–H and O–H groups in total. The second-order valence-corrected chi connectivity index (χ2v) is 6.81. The molecule has 0 spiro atoms. The molecule has 0 aliphatic rings. The van der Waals surface area contributed by atoms with Crippen molar-refractivity contribution < 1.29 is 18.3 Å². The lowest BCUT2D eigenvalue weighted by Gasteiger charge is -2.11. The Labute approximate surface area is 168 Å². The summed E-state index contributed by atoms with van der Waals surface area (Å²) in [4.78, 5) is 11.1. The van der Waals surface area contributed by atoms with Gasteiger partial charge < -0.3 is 5.11 Å². The number of alkyl halides is 3. The van der Waals surface area contributed by atoms with Crippen molar-refractivity contribution in [3.63, 3.8) is 0 Å². The molecule has 1 aromatic carbocycles. The number of aliphatic hydroxyl groups is 1. The van der Waals surface area contributed by atoms with E-state index in [4.69, 9.17) is 5.11 Å². The monoisotopic (exact) mass is 406 g/mol. The van der Waals surface area contributed by atoms with Crippen molar-refractivity contribution in [1.82, 2.24) is 10.2 Å². The van der Waals surface area contributed by atoms with Crippen LogP contribution in [0.4, 0.5) is 13.2 Å². The predicted molar refractivity (Wildman–Crippen MR) is 106 cm³/mol. The number of hydrogen-bond donors (Lipinski definition) is 2. The van der Waals surface area contributed by atoms with Gasteiger partial charge in [0.15, 0.2) is 0 Å². The van der Waals surface area contributed by atoms with Crippen molar-refractivity contribution in [2.45, 2.75) is 57.5 Å². The first-order valence-corrected chi connectivity index (χ1v) is 9.79. The molecule has 0 aliphatic heterocycles. The van der Waals surface area contributed by atoms with Crippen LogP contribution >= 0.6 is 0 Å². The van der Waals surface area contributed by atoms with Crippen molar-refractivity contribution in [2.75, 3.05) is 6.61 Å². The van der Waals surface area contributed by atoms with Crippen LogP contribution in [-0.2, 0) is 6.18 Å². The molecule has 0 radical (unpaired) electrons. The van der Waals surface area contributed by atoms with Gasteiger partial charge in [-0.15, -0.1) is 0 Å². The van der Waals surface area contributed by atoms with Crippen LogP contribution in [0.1, 0.15) is 62.5 Å². The topological polar surface area (TPSA) is 66.0 Å². The Balaban J connectivity index is 1.98. The molecule has 0 saturated carbocycles. The number of benzene rings is 1.